The van der Waals surface area contributed by atoms with Crippen molar-refractivity contribution in [1.29, 1.82) is 0 Å². The van der Waals surface area contributed by atoms with Crippen molar-refractivity contribution >= 4 is 40.8 Å². The fourth-order valence-electron chi connectivity index (χ4n) is 2.90. The molecule has 8 heteroatoms. The number of hydrogen-bond acceptors (Lipinski definition) is 3. The molecule has 4 amide bonds. The van der Waals surface area contributed by atoms with Gasteiger partial charge in [0.15, 0.2) is 0 Å². The van der Waals surface area contributed by atoms with Gasteiger partial charge in [-0.1, -0.05) is 23.7 Å². The smallest absolute Gasteiger partial charge is 0.315 e. The number of amides is 4. The monoisotopic (exact) mass is 400 g/mol. The maximum atomic E-state index is 11.9. The van der Waals surface area contributed by atoms with Gasteiger partial charge in [0.2, 0.25) is 11.8 Å². The lowest BCUT2D eigenvalue weighted by Gasteiger charge is -2.16. The third kappa shape index (κ3) is 5.47. The minimum atomic E-state index is -0.450. The number of rotatable bonds is 6. The summed E-state index contributed by atoms with van der Waals surface area (Å²) in [6, 6.07) is 13.7. The number of nitrogens with zero attached hydrogens (tertiary/aromatic N) is 1. The molecule has 2 aromatic carbocycles. The van der Waals surface area contributed by atoms with Gasteiger partial charge >= 0.3 is 6.03 Å². The Morgan fingerprint density at radius 3 is 2.57 bits per heavy atom. The van der Waals surface area contributed by atoms with Gasteiger partial charge < -0.3 is 20.9 Å². The van der Waals surface area contributed by atoms with Crippen LogP contribution in [0.3, 0.4) is 0 Å². The van der Waals surface area contributed by atoms with Crippen LogP contribution >= 0.6 is 11.6 Å². The van der Waals surface area contributed by atoms with E-state index in [-0.39, 0.29) is 18.4 Å². The molecular weight excluding hydrogens is 380 g/mol. The van der Waals surface area contributed by atoms with E-state index in [2.05, 4.69) is 16.0 Å². The molecule has 0 unspecified atom stereocenters. The Morgan fingerprint density at radius 2 is 1.86 bits per heavy atom. The fraction of sp³-hybridized carbons (Fsp3) is 0.250. The molecule has 1 saturated heterocycles. The molecule has 1 fully saturated rings. The van der Waals surface area contributed by atoms with E-state index >= 15 is 0 Å². The van der Waals surface area contributed by atoms with E-state index in [9.17, 15) is 14.4 Å². The average Bonchev–Trinajstić information content (AvgIpc) is 3.13. The highest BCUT2D eigenvalue weighted by Crippen LogP contribution is 2.22. The predicted molar refractivity (Wildman–Crippen MR) is 108 cm³/mol. The molecule has 7 nitrogen and oxygen atoms in total. The first-order valence-electron chi connectivity index (χ1n) is 8.98. The van der Waals surface area contributed by atoms with Gasteiger partial charge in [0.25, 0.3) is 0 Å². The summed E-state index contributed by atoms with van der Waals surface area (Å²) in [6.45, 7) is 0.857. The van der Waals surface area contributed by atoms with Crippen LogP contribution < -0.4 is 20.9 Å². The Bertz CT molecular complexity index is 870. The van der Waals surface area contributed by atoms with Crippen molar-refractivity contribution in [3.05, 3.63) is 59.1 Å². The van der Waals surface area contributed by atoms with E-state index in [0.717, 1.165) is 24.2 Å². The molecular formula is C20H21ClN4O3. The van der Waals surface area contributed by atoms with Gasteiger partial charge in [-0.25, -0.2) is 4.79 Å². The molecule has 0 atom stereocenters. The minimum Gasteiger partial charge on any atom is -0.334 e. The maximum Gasteiger partial charge on any atom is 0.315 e. The number of hydrogen-bond donors (Lipinski definition) is 3. The quantitative estimate of drug-likeness (QED) is 0.696. The van der Waals surface area contributed by atoms with Crippen LogP contribution in [-0.4, -0.2) is 30.9 Å². The summed E-state index contributed by atoms with van der Waals surface area (Å²) in [6.07, 6.45) is 1.44. The Kier molecular flexibility index (Phi) is 6.49. The lowest BCUT2D eigenvalue weighted by atomic mass is 10.2. The Morgan fingerprint density at radius 1 is 1.07 bits per heavy atom. The molecule has 1 aliphatic heterocycles. The fourth-order valence-corrected chi connectivity index (χ4v) is 3.03. The minimum absolute atomic E-state index is 0.120. The first kappa shape index (κ1) is 19.7. The van der Waals surface area contributed by atoms with Crippen molar-refractivity contribution in [3.63, 3.8) is 0 Å². The molecule has 0 radical (unpaired) electrons. The van der Waals surface area contributed by atoms with Crippen molar-refractivity contribution in [1.82, 2.24) is 10.6 Å². The Hall–Kier alpha value is -3.06. The molecule has 3 N–H and O–H groups in total. The van der Waals surface area contributed by atoms with Gasteiger partial charge in [0.05, 0.1) is 6.54 Å². The second kappa shape index (κ2) is 9.23. The molecule has 2 aromatic rings. The van der Waals surface area contributed by atoms with Gasteiger partial charge in [0, 0.05) is 35.9 Å². The Labute approximate surface area is 168 Å². The number of halogens is 1. The highest BCUT2D eigenvalue weighted by Gasteiger charge is 2.21. The number of carbonyl (C=O) groups excluding carboxylic acids is 3. The summed E-state index contributed by atoms with van der Waals surface area (Å²) in [5, 5.41) is 8.45. The van der Waals surface area contributed by atoms with Crippen LogP contribution in [0.4, 0.5) is 16.2 Å². The Balaban J connectivity index is 1.43. The second-order valence-corrected chi connectivity index (χ2v) is 6.85. The first-order valence-corrected chi connectivity index (χ1v) is 9.35. The molecule has 1 heterocycles. The van der Waals surface area contributed by atoms with Crippen molar-refractivity contribution in [3.8, 4) is 0 Å². The molecule has 0 aromatic heterocycles. The van der Waals surface area contributed by atoms with E-state index in [0.29, 0.717) is 23.7 Å². The van der Waals surface area contributed by atoms with Crippen LogP contribution in [0.25, 0.3) is 0 Å². The highest BCUT2D eigenvalue weighted by molar-refractivity contribution is 6.30. The maximum absolute atomic E-state index is 11.9. The molecule has 1 aliphatic rings. The van der Waals surface area contributed by atoms with Crippen molar-refractivity contribution in [2.24, 2.45) is 0 Å². The molecule has 0 bridgehead atoms. The van der Waals surface area contributed by atoms with Crippen LogP contribution in [0, 0.1) is 0 Å². The third-order valence-electron chi connectivity index (χ3n) is 4.29. The van der Waals surface area contributed by atoms with Gasteiger partial charge in [0.1, 0.15) is 0 Å². The molecule has 0 spiro atoms. The molecule has 0 saturated carbocycles. The lowest BCUT2D eigenvalue weighted by molar-refractivity contribution is -0.117. The van der Waals surface area contributed by atoms with E-state index in [1.165, 1.54) is 0 Å². The average molecular weight is 401 g/mol. The number of nitrogens with one attached hydrogen (secondary N) is 3. The van der Waals surface area contributed by atoms with Crippen molar-refractivity contribution < 1.29 is 14.4 Å². The summed E-state index contributed by atoms with van der Waals surface area (Å²) >= 11 is 5.79. The zero-order valence-electron chi connectivity index (χ0n) is 15.2. The summed E-state index contributed by atoms with van der Waals surface area (Å²) in [5.41, 5.74) is 2.31. The highest BCUT2D eigenvalue weighted by atomic mass is 35.5. The molecule has 146 valence electrons. The van der Waals surface area contributed by atoms with E-state index in [4.69, 9.17) is 11.6 Å². The van der Waals surface area contributed by atoms with E-state index < -0.39 is 6.03 Å². The van der Waals surface area contributed by atoms with Gasteiger partial charge in [-0.2, -0.15) is 0 Å². The number of urea groups is 1. The largest absolute Gasteiger partial charge is 0.334 e. The predicted octanol–water partition coefficient (Wildman–Crippen LogP) is 2.90. The summed E-state index contributed by atoms with van der Waals surface area (Å²) in [4.78, 5) is 37.4. The number of anilines is 2. The van der Waals surface area contributed by atoms with Crippen molar-refractivity contribution in [2.75, 3.05) is 23.3 Å². The van der Waals surface area contributed by atoms with Gasteiger partial charge in [-0.05, 0) is 48.4 Å². The van der Waals surface area contributed by atoms with E-state index in [1.54, 1.807) is 29.2 Å². The molecule has 3 rings (SSSR count). The van der Waals surface area contributed by atoms with Crippen LogP contribution in [0.15, 0.2) is 48.5 Å². The summed E-state index contributed by atoms with van der Waals surface area (Å²) in [7, 11) is 0. The van der Waals surface area contributed by atoms with Crippen LogP contribution in [-0.2, 0) is 16.1 Å². The SMILES string of the molecule is O=C(CNC(=O)NCc1cccc(N2CCCC2=O)c1)Nc1ccc(Cl)cc1. The van der Waals surface area contributed by atoms with Gasteiger partial charge in [-0.15, -0.1) is 0 Å². The normalized spacial score (nSPS) is 13.3. The summed E-state index contributed by atoms with van der Waals surface area (Å²) in [5.74, 6) is -0.221. The molecule has 0 aliphatic carbocycles. The number of carbonyl (C=O) groups is 3. The second-order valence-electron chi connectivity index (χ2n) is 6.41. The third-order valence-corrected chi connectivity index (χ3v) is 4.54. The van der Waals surface area contributed by atoms with Crippen LogP contribution in [0.2, 0.25) is 5.02 Å². The molecule has 28 heavy (non-hydrogen) atoms. The topological polar surface area (TPSA) is 90.5 Å². The van der Waals surface area contributed by atoms with Crippen LogP contribution in [0.5, 0.6) is 0 Å². The van der Waals surface area contributed by atoms with Crippen molar-refractivity contribution in [2.45, 2.75) is 19.4 Å². The lowest BCUT2D eigenvalue weighted by Crippen LogP contribution is -2.39. The number of benzene rings is 2. The van der Waals surface area contributed by atoms with Gasteiger partial charge in [-0.3, -0.25) is 9.59 Å². The summed E-state index contributed by atoms with van der Waals surface area (Å²) < 4.78 is 0. The van der Waals surface area contributed by atoms with Crippen LogP contribution in [0.1, 0.15) is 18.4 Å². The standard InChI is InChI=1S/C20H21ClN4O3/c21-15-6-8-16(9-7-15)24-18(26)13-23-20(28)22-12-14-3-1-4-17(11-14)25-10-2-5-19(25)27/h1,3-4,6-9,11H,2,5,10,12-13H2,(H,24,26)(H2,22,23,28). The zero-order valence-corrected chi connectivity index (χ0v) is 16.0. The zero-order chi connectivity index (χ0) is 19.9. The first-order chi connectivity index (χ1) is 13.5. The van der Waals surface area contributed by atoms with E-state index in [1.807, 2.05) is 24.3 Å².